The van der Waals surface area contributed by atoms with Gasteiger partial charge in [0.2, 0.25) is 21.7 Å². The summed E-state index contributed by atoms with van der Waals surface area (Å²) >= 11 is 0. The van der Waals surface area contributed by atoms with Crippen LogP contribution in [0.15, 0.2) is 57.9 Å². The van der Waals surface area contributed by atoms with Gasteiger partial charge in [-0.25, -0.2) is 17.9 Å². The summed E-state index contributed by atoms with van der Waals surface area (Å²) in [6.45, 7) is 4.03. The third kappa shape index (κ3) is 4.87. The lowest BCUT2D eigenvalue weighted by molar-refractivity contribution is 0.0600. The van der Waals surface area contributed by atoms with Gasteiger partial charge in [0, 0.05) is 5.56 Å². The van der Waals surface area contributed by atoms with Crippen LogP contribution in [0, 0.1) is 0 Å². The molecule has 0 bridgehead atoms. The standard InChI is InChI=1S/C20H21N3O5S/c1-13(2)14-7-9-15(10-8-14)19-22-18(28-23-19)12-21-29(25,26)17-6-4-5-16(11-17)20(24)27-3/h4-11,13,21H,12H2,1-3H3. The van der Waals surface area contributed by atoms with E-state index in [4.69, 9.17) is 4.52 Å². The number of rotatable bonds is 7. The number of sulfonamides is 1. The molecule has 0 radical (unpaired) electrons. The van der Waals surface area contributed by atoms with E-state index in [0.29, 0.717) is 11.7 Å². The predicted octanol–water partition coefficient (Wildman–Crippen LogP) is 3.13. The molecule has 0 atom stereocenters. The van der Waals surface area contributed by atoms with Crippen molar-refractivity contribution in [2.45, 2.75) is 31.2 Å². The van der Waals surface area contributed by atoms with Crippen LogP contribution in [0.1, 0.15) is 41.6 Å². The van der Waals surface area contributed by atoms with Crippen molar-refractivity contribution in [1.29, 1.82) is 0 Å². The van der Waals surface area contributed by atoms with Crippen LogP contribution >= 0.6 is 0 Å². The average Bonchev–Trinajstić information content (AvgIpc) is 3.21. The zero-order chi connectivity index (χ0) is 21.0. The van der Waals surface area contributed by atoms with Gasteiger partial charge < -0.3 is 9.26 Å². The van der Waals surface area contributed by atoms with Crippen molar-refractivity contribution < 1.29 is 22.5 Å². The van der Waals surface area contributed by atoms with Gasteiger partial charge in [-0.15, -0.1) is 0 Å². The van der Waals surface area contributed by atoms with E-state index in [1.807, 2.05) is 24.3 Å². The maximum atomic E-state index is 12.5. The molecule has 1 heterocycles. The van der Waals surface area contributed by atoms with Crippen molar-refractivity contribution in [1.82, 2.24) is 14.9 Å². The first kappa shape index (κ1) is 20.7. The molecule has 0 fully saturated rings. The van der Waals surface area contributed by atoms with E-state index in [-0.39, 0.29) is 22.9 Å². The largest absolute Gasteiger partial charge is 0.465 e. The molecule has 0 aliphatic heterocycles. The molecule has 0 unspecified atom stereocenters. The lowest BCUT2D eigenvalue weighted by atomic mass is 10.0. The van der Waals surface area contributed by atoms with Crippen LogP contribution in [0.5, 0.6) is 0 Å². The second-order valence-corrected chi connectivity index (χ2v) is 8.40. The predicted molar refractivity (Wildman–Crippen MR) is 106 cm³/mol. The number of hydrogen-bond acceptors (Lipinski definition) is 7. The third-order valence-corrected chi connectivity index (χ3v) is 5.68. The maximum Gasteiger partial charge on any atom is 0.337 e. The number of methoxy groups -OCH3 is 1. The minimum atomic E-state index is -3.88. The molecule has 1 N–H and O–H groups in total. The lowest BCUT2D eigenvalue weighted by Gasteiger charge is -2.06. The number of benzene rings is 2. The summed E-state index contributed by atoms with van der Waals surface area (Å²) in [5.41, 5.74) is 2.11. The Morgan fingerprint density at radius 2 is 1.90 bits per heavy atom. The van der Waals surface area contributed by atoms with Gasteiger partial charge in [0.15, 0.2) is 0 Å². The van der Waals surface area contributed by atoms with E-state index in [0.717, 1.165) is 5.56 Å². The van der Waals surface area contributed by atoms with E-state index >= 15 is 0 Å². The number of ether oxygens (including phenoxy) is 1. The number of carbonyl (C=O) groups is 1. The Morgan fingerprint density at radius 1 is 1.17 bits per heavy atom. The van der Waals surface area contributed by atoms with Crippen LogP contribution in [-0.4, -0.2) is 31.6 Å². The molecular weight excluding hydrogens is 394 g/mol. The highest BCUT2D eigenvalue weighted by atomic mass is 32.2. The molecule has 29 heavy (non-hydrogen) atoms. The normalized spacial score (nSPS) is 11.6. The molecule has 152 valence electrons. The van der Waals surface area contributed by atoms with E-state index in [1.54, 1.807) is 0 Å². The zero-order valence-electron chi connectivity index (χ0n) is 16.2. The fraction of sp³-hybridized carbons (Fsp3) is 0.250. The summed E-state index contributed by atoms with van der Waals surface area (Å²) in [7, 11) is -2.65. The maximum absolute atomic E-state index is 12.5. The molecule has 0 saturated heterocycles. The fourth-order valence-electron chi connectivity index (χ4n) is 2.61. The molecule has 2 aromatic carbocycles. The number of nitrogens with one attached hydrogen (secondary N) is 1. The molecule has 9 heteroatoms. The molecule has 0 saturated carbocycles. The van der Waals surface area contributed by atoms with Crippen LogP contribution < -0.4 is 4.72 Å². The van der Waals surface area contributed by atoms with Gasteiger partial charge in [-0.05, 0) is 29.7 Å². The number of hydrogen-bond donors (Lipinski definition) is 1. The Hall–Kier alpha value is -3.04. The molecular formula is C20H21N3O5S. The fourth-order valence-corrected chi connectivity index (χ4v) is 3.63. The van der Waals surface area contributed by atoms with Crippen molar-refractivity contribution >= 4 is 16.0 Å². The van der Waals surface area contributed by atoms with E-state index in [9.17, 15) is 13.2 Å². The van der Waals surface area contributed by atoms with Crippen molar-refractivity contribution in [3.8, 4) is 11.4 Å². The van der Waals surface area contributed by atoms with E-state index in [2.05, 4.69) is 33.4 Å². The summed E-state index contributed by atoms with van der Waals surface area (Å²) in [4.78, 5) is 15.8. The van der Waals surface area contributed by atoms with Crippen LogP contribution in [0.2, 0.25) is 0 Å². The summed E-state index contributed by atoms with van der Waals surface area (Å²) in [5.74, 6) is 0.298. The van der Waals surface area contributed by atoms with Crippen LogP contribution in [0.3, 0.4) is 0 Å². The Kier molecular flexibility index (Phi) is 6.09. The van der Waals surface area contributed by atoms with Gasteiger partial charge >= 0.3 is 5.97 Å². The van der Waals surface area contributed by atoms with Gasteiger partial charge in [-0.2, -0.15) is 4.98 Å². The Morgan fingerprint density at radius 3 is 2.55 bits per heavy atom. The highest BCUT2D eigenvalue weighted by Gasteiger charge is 2.18. The lowest BCUT2D eigenvalue weighted by Crippen LogP contribution is -2.23. The zero-order valence-corrected chi connectivity index (χ0v) is 17.1. The van der Waals surface area contributed by atoms with Crippen molar-refractivity contribution in [3.63, 3.8) is 0 Å². The van der Waals surface area contributed by atoms with Gasteiger partial charge in [0.1, 0.15) is 0 Å². The first-order chi connectivity index (χ1) is 13.8. The van der Waals surface area contributed by atoms with Crippen LogP contribution in [-0.2, 0) is 21.3 Å². The highest BCUT2D eigenvalue weighted by Crippen LogP contribution is 2.20. The molecule has 0 aliphatic rings. The van der Waals surface area contributed by atoms with Gasteiger partial charge in [0.05, 0.1) is 24.1 Å². The topological polar surface area (TPSA) is 111 Å². The first-order valence-corrected chi connectivity index (χ1v) is 10.4. The summed E-state index contributed by atoms with van der Waals surface area (Å²) in [6.07, 6.45) is 0. The minimum absolute atomic E-state index is 0.0654. The van der Waals surface area contributed by atoms with Crippen molar-refractivity contribution in [2.24, 2.45) is 0 Å². The molecule has 0 spiro atoms. The van der Waals surface area contributed by atoms with Crippen LogP contribution in [0.25, 0.3) is 11.4 Å². The van der Waals surface area contributed by atoms with Gasteiger partial charge in [0.25, 0.3) is 0 Å². The monoisotopic (exact) mass is 415 g/mol. The number of carbonyl (C=O) groups excluding carboxylic acids is 1. The summed E-state index contributed by atoms with van der Waals surface area (Å²) in [6, 6.07) is 13.3. The molecule has 3 rings (SSSR count). The van der Waals surface area contributed by atoms with Gasteiger partial charge in [-0.1, -0.05) is 49.3 Å². The Labute approximate surface area is 169 Å². The SMILES string of the molecule is COC(=O)c1cccc(S(=O)(=O)NCc2nc(-c3ccc(C(C)C)cc3)no2)c1. The summed E-state index contributed by atoms with van der Waals surface area (Å²) < 4.78 is 37.1. The molecule has 3 aromatic rings. The number of esters is 1. The quantitative estimate of drug-likeness (QED) is 0.590. The molecule has 0 aliphatic carbocycles. The molecule has 0 amide bonds. The van der Waals surface area contributed by atoms with E-state index < -0.39 is 16.0 Å². The second-order valence-electron chi connectivity index (χ2n) is 6.63. The van der Waals surface area contributed by atoms with Gasteiger partial charge in [-0.3, -0.25) is 0 Å². The second kappa shape index (κ2) is 8.54. The van der Waals surface area contributed by atoms with Crippen molar-refractivity contribution in [3.05, 3.63) is 65.5 Å². The van der Waals surface area contributed by atoms with Crippen LogP contribution in [0.4, 0.5) is 0 Å². The smallest absolute Gasteiger partial charge is 0.337 e. The number of aromatic nitrogens is 2. The number of nitrogens with zero attached hydrogens (tertiary/aromatic N) is 2. The van der Waals surface area contributed by atoms with Crippen molar-refractivity contribution in [2.75, 3.05) is 7.11 Å². The molecule has 8 nitrogen and oxygen atoms in total. The molecule has 1 aromatic heterocycles. The summed E-state index contributed by atoms with van der Waals surface area (Å²) in [5, 5.41) is 3.90. The minimum Gasteiger partial charge on any atom is -0.465 e. The Balaban J connectivity index is 1.71. The highest BCUT2D eigenvalue weighted by molar-refractivity contribution is 7.89. The average molecular weight is 415 g/mol. The Bertz CT molecular complexity index is 1110. The first-order valence-electron chi connectivity index (χ1n) is 8.91. The van der Waals surface area contributed by atoms with E-state index in [1.165, 1.54) is 36.9 Å². The third-order valence-electron chi connectivity index (χ3n) is 4.28.